The standard InChI is InChI=1S/C24H32F2N4O5S/c1-5-16-6-7-17(20(26)19(16)25)12-34-21-18(23(31)32)22(36-29-21)28-24(33)27-8-13(2)9-30-10-14(3)35-15(4)11-30/h6-7,13-15H,5,8-12H2,1-4H3,(H,31,32)(H2,27,28,33). The van der Waals surface area contributed by atoms with Crippen LogP contribution in [0.5, 0.6) is 5.88 Å². The molecule has 0 radical (unpaired) electrons. The minimum atomic E-state index is -1.37. The number of nitrogens with zero attached hydrogens (tertiary/aromatic N) is 2. The number of aryl methyl sites for hydroxylation is 1. The van der Waals surface area contributed by atoms with Gasteiger partial charge in [-0.05, 0) is 43.3 Å². The molecule has 3 unspecified atom stereocenters. The molecule has 1 fully saturated rings. The number of aromatic carboxylic acids is 1. The summed E-state index contributed by atoms with van der Waals surface area (Å²) in [5, 5.41) is 14.8. The van der Waals surface area contributed by atoms with E-state index in [9.17, 15) is 23.5 Å². The van der Waals surface area contributed by atoms with Crippen LogP contribution in [0.3, 0.4) is 0 Å². The predicted octanol–water partition coefficient (Wildman–Crippen LogP) is 4.13. The summed E-state index contributed by atoms with van der Waals surface area (Å²) in [6.45, 7) is 10.2. The summed E-state index contributed by atoms with van der Waals surface area (Å²) < 4.78 is 43.4. The topological polar surface area (TPSA) is 113 Å². The fraction of sp³-hybridized carbons (Fsp3) is 0.542. The number of carboxylic acid groups (broad SMARTS) is 1. The quantitative estimate of drug-likeness (QED) is 0.427. The van der Waals surface area contributed by atoms with Crippen molar-refractivity contribution in [2.24, 2.45) is 5.92 Å². The van der Waals surface area contributed by atoms with Crippen molar-refractivity contribution >= 4 is 28.5 Å². The van der Waals surface area contributed by atoms with Crippen LogP contribution >= 0.6 is 11.5 Å². The molecule has 198 valence electrons. The second kappa shape index (κ2) is 12.4. The summed E-state index contributed by atoms with van der Waals surface area (Å²) in [7, 11) is 0. The average molecular weight is 527 g/mol. The van der Waals surface area contributed by atoms with E-state index in [1.54, 1.807) is 6.92 Å². The van der Waals surface area contributed by atoms with E-state index in [2.05, 4.69) is 19.9 Å². The summed E-state index contributed by atoms with van der Waals surface area (Å²) in [6.07, 6.45) is 0.641. The smallest absolute Gasteiger partial charge is 0.344 e. The number of ether oxygens (including phenoxy) is 2. The van der Waals surface area contributed by atoms with Gasteiger partial charge < -0.3 is 19.9 Å². The molecule has 9 nitrogen and oxygen atoms in total. The van der Waals surface area contributed by atoms with Crippen LogP contribution in [0, 0.1) is 17.6 Å². The van der Waals surface area contributed by atoms with E-state index < -0.39 is 30.2 Å². The number of urea groups is 1. The number of anilines is 1. The van der Waals surface area contributed by atoms with E-state index in [4.69, 9.17) is 9.47 Å². The number of halogens is 2. The molecule has 0 aliphatic carbocycles. The Morgan fingerprint density at radius 1 is 1.25 bits per heavy atom. The average Bonchev–Trinajstić information content (AvgIpc) is 3.20. The highest BCUT2D eigenvalue weighted by atomic mass is 32.1. The molecule has 0 spiro atoms. The Balaban J connectivity index is 1.56. The van der Waals surface area contributed by atoms with E-state index >= 15 is 0 Å². The first-order valence-corrected chi connectivity index (χ1v) is 12.6. The summed E-state index contributed by atoms with van der Waals surface area (Å²) in [4.78, 5) is 26.5. The maximum atomic E-state index is 14.3. The maximum Gasteiger partial charge on any atom is 0.344 e. The molecule has 12 heteroatoms. The molecule has 0 bridgehead atoms. The Morgan fingerprint density at radius 3 is 2.53 bits per heavy atom. The molecule has 1 aromatic carbocycles. The van der Waals surface area contributed by atoms with Crippen LogP contribution in [0.4, 0.5) is 18.6 Å². The number of hydrogen-bond donors (Lipinski definition) is 3. The number of carbonyl (C=O) groups excluding carboxylic acids is 1. The second-order valence-corrected chi connectivity index (χ2v) is 9.84. The van der Waals surface area contributed by atoms with E-state index in [-0.39, 0.29) is 45.7 Å². The van der Waals surface area contributed by atoms with Crippen molar-refractivity contribution in [3.05, 3.63) is 40.5 Å². The normalized spacial score (nSPS) is 19.1. The van der Waals surface area contributed by atoms with E-state index in [0.717, 1.165) is 31.2 Å². The number of carbonyl (C=O) groups is 2. The van der Waals surface area contributed by atoms with Crippen LogP contribution in [0.25, 0.3) is 0 Å². The molecule has 2 amide bonds. The lowest BCUT2D eigenvalue weighted by Gasteiger charge is -2.36. The van der Waals surface area contributed by atoms with Gasteiger partial charge >= 0.3 is 12.0 Å². The lowest BCUT2D eigenvalue weighted by atomic mass is 10.1. The first-order chi connectivity index (χ1) is 17.1. The molecule has 3 atom stereocenters. The Bertz CT molecular complexity index is 1070. The van der Waals surface area contributed by atoms with Gasteiger partial charge in [0.25, 0.3) is 0 Å². The number of morpholine rings is 1. The molecule has 1 aliphatic rings. The van der Waals surface area contributed by atoms with Gasteiger partial charge in [-0.15, -0.1) is 0 Å². The lowest BCUT2D eigenvalue weighted by Crippen LogP contribution is -2.48. The van der Waals surface area contributed by atoms with Gasteiger partial charge in [-0.3, -0.25) is 10.2 Å². The Kier molecular flexibility index (Phi) is 9.57. The molecule has 1 aromatic heterocycles. The largest absolute Gasteiger partial charge is 0.477 e. The Morgan fingerprint density at radius 2 is 1.89 bits per heavy atom. The fourth-order valence-corrected chi connectivity index (χ4v) is 4.88. The Hall–Kier alpha value is -2.83. The fourth-order valence-electron chi connectivity index (χ4n) is 4.16. The zero-order valence-corrected chi connectivity index (χ0v) is 21.6. The molecule has 3 N–H and O–H groups in total. The zero-order valence-electron chi connectivity index (χ0n) is 20.8. The van der Waals surface area contributed by atoms with E-state index in [1.807, 2.05) is 20.8 Å². The molecule has 1 aliphatic heterocycles. The van der Waals surface area contributed by atoms with Crippen LogP contribution in [0.2, 0.25) is 0 Å². The minimum absolute atomic E-state index is 0.0218. The third-order valence-electron chi connectivity index (χ3n) is 5.77. The summed E-state index contributed by atoms with van der Waals surface area (Å²) in [5.41, 5.74) is -0.193. The lowest BCUT2D eigenvalue weighted by molar-refractivity contribution is -0.0707. The number of rotatable bonds is 10. The van der Waals surface area contributed by atoms with Gasteiger partial charge in [-0.25, -0.2) is 18.4 Å². The molecule has 36 heavy (non-hydrogen) atoms. The Labute approximate surface area is 212 Å². The third-order valence-corrected chi connectivity index (χ3v) is 6.51. The van der Waals surface area contributed by atoms with Crippen molar-refractivity contribution in [2.75, 3.05) is 31.5 Å². The minimum Gasteiger partial charge on any atom is -0.477 e. The van der Waals surface area contributed by atoms with Crippen LogP contribution in [-0.4, -0.2) is 64.8 Å². The van der Waals surface area contributed by atoms with Crippen LogP contribution in [0.15, 0.2) is 12.1 Å². The molecule has 2 heterocycles. The molecule has 1 saturated heterocycles. The SMILES string of the molecule is CCc1ccc(COc2nsc(NC(=O)NCC(C)CN3CC(C)OC(C)C3)c2C(=O)O)c(F)c1F. The first-order valence-electron chi connectivity index (χ1n) is 11.8. The predicted molar refractivity (Wildman–Crippen MR) is 132 cm³/mol. The van der Waals surface area contributed by atoms with Gasteiger partial charge in [0.15, 0.2) is 17.2 Å². The highest BCUT2D eigenvalue weighted by molar-refractivity contribution is 7.11. The monoisotopic (exact) mass is 526 g/mol. The van der Waals surface area contributed by atoms with Gasteiger partial charge in [0.2, 0.25) is 5.88 Å². The van der Waals surface area contributed by atoms with Gasteiger partial charge in [0, 0.05) is 31.7 Å². The third kappa shape index (κ3) is 7.11. The molecular weight excluding hydrogens is 494 g/mol. The number of hydrogen-bond acceptors (Lipinski definition) is 7. The number of carboxylic acids is 1. The molecular formula is C24H32F2N4O5S. The summed E-state index contributed by atoms with van der Waals surface area (Å²) in [6, 6.07) is 2.26. The maximum absolute atomic E-state index is 14.3. The van der Waals surface area contributed by atoms with Gasteiger partial charge in [-0.2, -0.15) is 4.37 Å². The van der Waals surface area contributed by atoms with E-state index in [0.29, 0.717) is 13.0 Å². The first kappa shape index (κ1) is 27.8. The van der Waals surface area contributed by atoms with Crippen LogP contribution < -0.4 is 15.4 Å². The van der Waals surface area contributed by atoms with Crippen molar-refractivity contribution < 1.29 is 33.0 Å². The second-order valence-electron chi connectivity index (χ2n) is 9.07. The van der Waals surface area contributed by atoms with Crippen LogP contribution in [0.1, 0.15) is 49.2 Å². The number of nitrogens with one attached hydrogen (secondary N) is 2. The van der Waals surface area contributed by atoms with E-state index in [1.165, 1.54) is 12.1 Å². The van der Waals surface area contributed by atoms with Crippen molar-refractivity contribution in [1.29, 1.82) is 0 Å². The molecule has 3 rings (SSSR count). The van der Waals surface area contributed by atoms with Gasteiger partial charge in [0.1, 0.15) is 11.6 Å². The number of aromatic nitrogens is 1. The van der Waals surface area contributed by atoms with Gasteiger partial charge in [0.05, 0.1) is 12.2 Å². The summed E-state index contributed by atoms with van der Waals surface area (Å²) >= 11 is 0.727. The van der Waals surface area contributed by atoms with Crippen molar-refractivity contribution in [1.82, 2.24) is 14.6 Å². The molecule has 0 saturated carbocycles. The van der Waals surface area contributed by atoms with Crippen molar-refractivity contribution in [2.45, 2.75) is 52.9 Å². The van der Waals surface area contributed by atoms with Gasteiger partial charge in [-0.1, -0.05) is 26.0 Å². The highest BCUT2D eigenvalue weighted by Gasteiger charge is 2.25. The molecule has 2 aromatic rings. The van der Waals surface area contributed by atoms with Crippen molar-refractivity contribution in [3.63, 3.8) is 0 Å². The summed E-state index contributed by atoms with van der Waals surface area (Å²) in [5.74, 6) is -3.51. The number of amides is 2. The zero-order chi connectivity index (χ0) is 26.4. The highest BCUT2D eigenvalue weighted by Crippen LogP contribution is 2.31. The number of benzene rings is 1. The van der Waals surface area contributed by atoms with Crippen LogP contribution in [-0.2, 0) is 17.8 Å². The van der Waals surface area contributed by atoms with Crippen molar-refractivity contribution in [3.8, 4) is 5.88 Å².